The number of halogens is 1. The number of nitrogens with one attached hydrogen (secondary N) is 2. The summed E-state index contributed by atoms with van der Waals surface area (Å²) in [5, 5.41) is 16.2. The van der Waals surface area contributed by atoms with Crippen LogP contribution in [0, 0.1) is 0 Å². The SMILES string of the molecule is CN=C(NCCCc1nnc2n1CCCCC2)NCc1ccccc1Cl. The number of hydrogen-bond donors (Lipinski definition) is 2. The molecule has 7 heteroatoms. The van der Waals surface area contributed by atoms with Gasteiger partial charge in [-0.15, -0.1) is 10.2 Å². The van der Waals surface area contributed by atoms with Gasteiger partial charge in [0.05, 0.1) is 0 Å². The Bertz CT molecular complexity index is 739. The maximum Gasteiger partial charge on any atom is 0.191 e. The van der Waals surface area contributed by atoms with Crippen LogP contribution in [0.15, 0.2) is 29.3 Å². The van der Waals surface area contributed by atoms with Crippen LogP contribution in [-0.2, 0) is 25.9 Å². The quantitative estimate of drug-likeness (QED) is 0.463. The van der Waals surface area contributed by atoms with E-state index >= 15 is 0 Å². The van der Waals surface area contributed by atoms with E-state index in [2.05, 4.69) is 30.4 Å². The summed E-state index contributed by atoms with van der Waals surface area (Å²) in [6.45, 7) is 2.55. The van der Waals surface area contributed by atoms with Gasteiger partial charge in [0.25, 0.3) is 0 Å². The molecular formula is C19H27ClN6. The van der Waals surface area contributed by atoms with Crippen LogP contribution in [0.25, 0.3) is 0 Å². The van der Waals surface area contributed by atoms with Crippen molar-refractivity contribution in [3.05, 3.63) is 46.5 Å². The van der Waals surface area contributed by atoms with Crippen LogP contribution >= 0.6 is 11.6 Å². The van der Waals surface area contributed by atoms with E-state index in [0.717, 1.165) is 60.5 Å². The molecular weight excluding hydrogens is 348 g/mol. The highest BCUT2D eigenvalue weighted by Gasteiger charge is 2.14. The Kier molecular flexibility index (Phi) is 6.89. The Hall–Kier alpha value is -2.08. The molecule has 26 heavy (non-hydrogen) atoms. The van der Waals surface area contributed by atoms with E-state index in [0.29, 0.717) is 6.54 Å². The van der Waals surface area contributed by atoms with Crippen LogP contribution in [-0.4, -0.2) is 34.3 Å². The fraction of sp³-hybridized carbons (Fsp3) is 0.526. The van der Waals surface area contributed by atoms with Gasteiger partial charge in [0.15, 0.2) is 5.96 Å². The molecule has 6 nitrogen and oxygen atoms in total. The van der Waals surface area contributed by atoms with Gasteiger partial charge in [-0.1, -0.05) is 36.2 Å². The van der Waals surface area contributed by atoms with E-state index in [1.54, 1.807) is 7.05 Å². The second-order valence-corrected chi connectivity index (χ2v) is 6.95. The highest BCUT2D eigenvalue weighted by atomic mass is 35.5. The first-order valence-corrected chi connectivity index (χ1v) is 9.74. The second-order valence-electron chi connectivity index (χ2n) is 6.54. The van der Waals surface area contributed by atoms with Crippen LogP contribution in [0.1, 0.15) is 42.9 Å². The van der Waals surface area contributed by atoms with Gasteiger partial charge in [0.1, 0.15) is 11.6 Å². The summed E-state index contributed by atoms with van der Waals surface area (Å²) >= 11 is 6.19. The molecule has 2 aromatic rings. The van der Waals surface area contributed by atoms with Crippen molar-refractivity contribution in [3.8, 4) is 0 Å². The average molecular weight is 375 g/mol. The lowest BCUT2D eigenvalue weighted by Crippen LogP contribution is -2.37. The molecule has 1 aromatic carbocycles. The lowest BCUT2D eigenvalue weighted by molar-refractivity contribution is 0.594. The number of nitrogens with zero attached hydrogens (tertiary/aromatic N) is 4. The third-order valence-electron chi connectivity index (χ3n) is 4.68. The smallest absolute Gasteiger partial charge is 0.191 e. The molecule has 1 aromatic heterocycles. The summed E-state index contributed by atoms with van der Waals surface area (Å²) in [6, 6.07) is 7.83. The van der Waals surface area contributed by atoms with E-state index in [9.17, 15) is 0 Å². The van der Waals surface area contributed by atoms with E-state index in [1.807, 2.05) is 24.3 Å². The van der Waals surface area contributed by atoms with Crippen molar-refractivity contribution in [1.82, 2.24) is 25.4 Å². The molecule has 3 rings (SSSR count). The first kappa shape index (κ1) is 18.7. The zero-order valence-electron chi connectivity index (χ0n) is 15.3. The summed E-state index contributed by atoms with van der Waals surface area (Å²) < 4.78 is 2.32. The summed E-state index contributed by atoms with van der Waals surface area (Å²) in [4.78, 5) is 4.27. The van der Waals surface area contributed by atoms with Crippen LogP contribution in [0.2, 0.25) is 5.02 Å². The number of aliphatic imine (C=N–C) groups is 1. The molecule has 0 unspecified atom stereocenters. The normalized spacial score (nSPS) is 14.6. The van der Waals surface area contributed by atoms with Gasteiger partial charge in [-0.3, -0.25) is 4.99 Å². The van der Waals surface area contributed by atoms with Crippen LogP contribution in [0.5, 0.6) is 0 Å². The Balaban J connectivity index is 1.42. The number of aromatic nitrogens is 3. The minimum Gasteiger partial charge on any atom is -0.356 e. The highest BCUT2D eigenvalue weighted by molar-refractivity contribution is 6.31. The molecule has 0 saturated heterocycles. The lowest BCUT2D eigenvalue weighted by atomic mass is 10.2. The minimum atomic E-state index is 0.650. The van der Waals surface area contributed by atoms with Gasteiger partial charge in [0, 0.05) is 44.5 Å². The van der Waals surface area contributed by atoms with Crippen LogP contribution in [0.4, 0.5) is 0 Å². The van der Waals surface area contributed by atoms with Crippen molar-refractivity contribution in [2.45, 2.75) is 51.6 Å². The topological polar surface area (TPSA) is 67.1 Å². The van der Waals surface area contributed by atoms with E-state index < -0.39 is 0 Å². The largest absolute Gasteiger partial charge is 0.356 e. The first-order valence-electron chi connectivity index (χ1n) is 9.37. The Morgan fingerprint density at radius 3 is 2.92 bits per heavy atom. The summed E-state index contributed by atoms with van der Waals surface area (Å²) in [7, 11) is 1.78. The van der Waals surface area contributed by atoms with E-state index in [4.69, 9.17) is 11.6 Å². The molecule has 2 N–H and O–H groups in total. The Labute approximate surface area is 160 Å². The maximum absolute atomic E-state index is 6.19. The number of rotatable bonds is 6. The molecule has 0 aliphatic carbocycles. The lowest BCUT2D eigenvalue weighted by Gasteiger charge is -2.13. The molecule has 2 heterocycles. The van der Waals surface area contributed by atoms with Crippen molar-refractivity contribution in [2.75, 3.05) is 13.6 Å². The van der Waals surface area contributed by atoms with Gasteiger partial charge >= 0.3 is 0 Å². The predicted octanol–water partition coefficient (Wildman–Crippen LogP) is 2.96. The number of benzene rings is 1. The molecule has 0 atom stereocenters. The zero-order chi connectivity index (χ0) is 18.2. The number of hydrogen-bond acceptors (Lipinski definition) is 3. The van der Waals surface area contributed by atoms with E-state index in [1.165, 1.54) is 19.3 Å². The van der Waals surface area contributed by atoms with Crippen molar-refractivity contribution in [1.29, 1.82) is 0 Å². The summed E-state index contributed by atoms with van der Waals surface area (Å²) in [6.07, 6.45) is 6.73. The molecule has 0 fully saturated rings. The Morgan fingerprint density at radius 2 is 2.08 bits per heavy atom. The second kappa shape index (κ2) is 9.57. The molecule has 0 spiro atoms. The third kappa shape index (κ3) is 4.97. The first-order chi connectivity index (χ1) is 12.8. The van der Waals surface area contributed by atoms with Gasteiger partial charge in [-0.25, -0.2) is 0 Å². The fourth-order valence-corrected chi connectivity index (χ4v) is 3.43. The molecule has 0 bridgehead atoms. The fourth-order valence-electron chi connectivity index (χ4n) is 3.22. The van der Waals surface area contributed by atoms with E-state index in [-0.39, 0.29) is 0 Å². The maximum atomic E-state index is 6.19. The zero-order valence-corrected chi connectivity index (χ0v) is 16.1. The van der Waals surface area contributed by atoms with Crippen molar-refractivity contribution in [3.63, 3.8) is 0 Å². The molecule has 1 aliphatic heterocycles. The monoisotopic (exact) mass is 374 g/mol. The van der Waals surface area contributed by atoms with Crippen molar-refractivity contribution >= 4 is 17.6 Å². The summed E-state index contributed by atoms with van der Waals surface area (Å²) in [5.74, 6) is 3.05. The molecule has 1 aliphatic rings. The molecule has 140 valence electrons. The summed E-state index contributed by atoms with van der Waals surface area (Å²) in [5.41, 5.74) is 1.06. The standard InChI is InChI=1S/C19H27ClN6/c1-21-19(23-14-15-8-4-5-9-16(15)20)22-12-7-11-18-25-24-17-10-3-2-6-13-26(17)18/h4-5,8-9H,2-3,6-7,10-14H2,1H3,(H2,21,22,23). The van der Waals surface area contributed by atoms with Crippen LogP contribution < -0.4 is 10.6 Å². The van der Waals surface area contributed by atoms with Crippen molar-refractivity contribution < 1.29 is 0 Å². The third-order valence-corrected chi connectivity index (χ3v) is 5.05. The average Bonchev–Trinajstić information content (AvgIpc) is 2.88. The number of guanidine groups is 1. The van der Waals surface area contributed by atoms with Gasteiger partial charge < -0.3 is 15.2 Å². The highest BCUT2D eigenvalue weighted by Crippen LogP contribution is 2.15. The Morgan fingerprint density at radius 1 is 1.19 bits per heavy atom. The molecule has 0 radical (unpaired) electrons. The minimum absolute atomic E-state index is 0.650. The number of fused-ring (bicyclic) bond motifs is 1. The number of aryl methyl sites for hydroxylation is 2. The van der Waals surface area contributed by atoms with Crippen molar-refractivity contribution in [2.24, 2.45) is 4.99 Å². The predicted molar refractivity (Wildman–Crippen MR) is 106 cm³/mol. The molecule has 0 amide bonds. The molecule has 0 saturated carbocycles. The van der Waals surface area contributed by atoms with Gasteiger partial charge in [-0.05, 0) is 30.9 Å². The van der Waals surface area contributed by atoms with Gasteiger partial charge in [0.2, 0.25) is 0 Å². The van der Waals surface area contributed by atoms with Gasteiger partial charge in [-0.2, -0.15) is 0 Å². The van der Waals surface area contributed by atoms with Crippen LogP contribution in [0.3, 0.4) is 0 Å².